The van der Waals surface area contributed by atoms with Crippen LogP contribution in [0.15, 0.2) is 18.2 Å². The lowest BCUT2D eigenvalue weighted by Gasteiger charge is -2.17. The van der Waals surface area contributed by atoms with E-state index in [1.165, 1.54) is 0 Å². The fraction of sp³-hybridized carbons (Fsp3) is 0.250. The van der Waals surface area contributed by atoms with Crippen molar-refractivity contribution in [3.05, 3.63) is 29.3 Å². The van der Waals surface area contributed by atoms with Crippen molar-refractivity contribution in [2.45, 2.75) is 11.7 Å². The third kappa shape index (κ3) is 3.06. The molecule has 2 N–H and O–H groups in total. The summed E-state index contributed by atoms with van der Waals surface area (Å²) < 4.78 is 34.7. The lowest BCUT2D eigenvalue weighted by atomic mass is 10.1. The van der Waals surface area contributed by atoms with Gasteiger partial charge < -0.3 is 15.1 Å². The molecule has 2 rings (SSSR count). The number of rotatable bonds is 4. The van der Waals surface area contributed by atoms with Crippen molar-refractivity contribution >= 4 is 33.8 Å². The first-order valence-corrected chi connectivity index (χ1v) is 7.40. The van der Waals surface area contributed by atoms with Crippen LogP contribution in [-0.2, 0) is 15.0 Å². The molecule has 10 heteroatoms. The summed E-state index contributed by atoms with van der Waals surface area (Å²) in [6.07, 6.45) is -0.585. The Morgan fingerprint density at radius 2 is 1.64 bits per heavy atom. The number of amides is 1. The van der Waals surface area contributed by atoms with Crippen molar-refractivity contribution in [2.24, 2.45) is 0 Å². The standard InChI is InChI=1S/C12H10FNO7S/c13-22(20,21)9-4-10(15)14(5-9)8-2-6(11(16)17)1-7(3-8)12(18)19/h1-3,9H,4-5H2,(H,16,17)(H,18,19). The Morgan fingerprint density at radius 3 is 2.00 bits per heavy atom. The van der Waals surface area contributed by atoms with Gasteiger partial charge in [-0.15, -0.1) is 3.89 Å². The quantitative estimate of drug-likeness (QED) is 0.768. The van der Waals surface area contributed by atoms with E-state index < -0.39 is 46.3 Å². The zero-order valence-electron chi connectivity index (χ0n) is 10.9. The molecule has 0 spiro atoms. The highest BCUT2D eigenvalue weighted by atomic mass is 32.3. The Hall–Kier alpha value is -2.49. The largest absolute Gasteiger partial charge is 0.478 e. The monoisotopic (exact) mass is 331 g/mol. The Morgan fingerprint density at radius 1 is 1.14 bits per heavy atom. The zero-order valence-corrected chi connectivity index (χ0v) is 11.7. The average molecular weight is 331 g/mol. The molecular formula is C12H10FNO7S. The van der Waals surface area contributed by atoms with E-state index in [2.05, 4.69) is 0 Å². The van der Waals surface area contributed by atoms with Gasteiger partial charge in [0.25, 0.3) is 0 Å². The number of hydrogen-bond acceptors (Lipinski definition) is 5. The first-order chi connectivity index (χ1) is 10.1. The van der Waals surface area contributed by atoms with Crippen LogP contribution in [0.2, 0.25) is 0 Å². The van der Waals surface area contributed by atoms with Crippen LogP contribution in [0.4, 0.5) is 9.57 Å². The number of carboxylic acids is 2. The van der Waals surface area contributed by atoms with E-state index in [9.17, 15) is 26.7 Å². The van der Waals surface area contributed by atoms with E-state index in [4.69, 9.17) is 10.2 Å². The number of benzene rings is 1. The van der Waals surface area contributed by atoms with Crippen molar-refractivity contribution in [2.75, 3.05) is 11.4 Å². The number of carbonyl (C=O) groups excluding carboxylic acids is 1. The van der Waals surface area contributed by atoms with E-state index in [1.54, 1.807) is 0 Å². The van der Waals surface area contributed by atoms with Crippen molar-refractivity contribution in [3.63, 3.8) is 0 Å². The summed E-state index contributed by atoms with van der Waals surface area (Å²) in [6, 6.07) is 2.96. The first-order valence-electron chi connectivity index (χ1n) is 5.95. The molecule has 1 atom stereocenters. The lowest BCUT2D eigenvalue weighted by Crippen LogP contribution is -2.27. The van der Waals surface area contributed by atoms with Gasteiger partial charge in [0.05, 0.1) is 11.1 Å². The SMILES string of the molecule is O=C(O)c1cc(C(=O)O)cc(N2CC(S(=O)(=O)F)CC2=O)c1. The van der Waals surface area contributed by atoms with Crippen molar-refractivity contribution in [1.82, 2.24) is 0 Å². The molecule has 0 saturated carbocycles. The summed E-state index contributed by atoms with van der Waals surface area (Å²) in [4.78, 5) is 34.6. The predicted octanol–water partition coefficient (Wildman–Crippen LogP) is 0.488. The fourth-order valence-electron chi connectivity index (χ4n) is 2.13. The number of anilines is 1. The van der Waals surface area contributed by atoms with Crippen LogP contribution in [0.25, 0.3) is 0 Å². The molecule has 1 amide bonds. The molecule has 1 aromatic carbocycles. The second kappa shape index (κ2) is 5.37. The molecule has 1 aromatic rings. The van der Waals surface area contributed by atoms with E-state index in [0.717, 1.165) is 23.1 Å². The number of halogens is 1. The molecule has 1 saturated heterocycles. The second-order valence-corrected chi connectivity index (χ2v) is 6.30. The number of aromatic carboxylic acids is 2. The minimum absolute atomic E-state index is 0.103. The van der Waals surface area contributed by atoms with Gasteiger partial charge in [-0.1, -0.05) is 0 Å². The van der Waals surface area contributed by atoms with E-state index in [1.807, 2.05) is 0 Å². The highest BCUT2D eigenvalue weighted by molar-refractivity contribution is 7.87. The maximum atomic E-state index is 13.0. The Balaban J connectivity index is 2.46. The van der Waals surface area contributed by atoms with Crippen LogP contribution >= 0.6 is 0 Å². The van der Waals surface area contributed by atoms with Gasteiger partial charge in [0.1, 0.15) is 5.25 Å². The van der Waals surface area contributed by atoms with Crippen LogP contribution < -0.4 is 4.90 Å². The number of nitrogens with zero attached hydrogens (tertiary/aromatic N) is 1. The smallest absolute Gasteiger partial charge is 0.335 e. The molecule has 1 heterocycles. The molecular weight excluding hydrogens is 321 g/mol. The van der Waals surface area contributed by atoms with Gasteiger partial charge in [0.15, 0.2) is 0 Å². The molecule has 1 aliphatic rings. The predicted molar refractivity (Wildman–Crippen MR) is 71.1 cm³/mol. The van der Waals surface area contributed by atoms with Gasteiger partial charge >= 0.3 is 22.2 Å². The molecule has 8 nitrogen and oxygen atoms in total. The molecule has 0 bridgehead atoms. The Bertz CT molecular complexity index is 741. The van der Waals surface area contributed by atoms with Crippen LogP contribution in [0.5, 0.6) is 0 Å². The number of hydrogen-bond donors (Lipinski definition) is 2. The molecule has 1 aliphatic heterocycles. The third-order valence-corrected chi connectivity index (χ3v) is 4.32. The molecule has 1 unspecified atom stereocenters. The van der Waals surface area contributed by atoms with Crippen molar-refractivity contribution in [1.29, 1.82) is 0 Å². The Labute approximate surface area is 124 Å². The van der Waals surface area contributed by atoms with E-state index in [-0.39, 0.29) is 16.8 Å². The minimum atomic E-state index is -4.92. The minimum Gasteiger partial charge on any atom is -0.478 e. The molecule has 118 valence electrons. The van der Waals surface area contributed by atoms with Gasteiger partial charge in [-0.2, -0.15) is 8.42 Å². The van der Waals surface area contributed by atoms with Crippen LogP contribution in [0, 0.1) is 0 Å². The summed E-state index contributed by atoms with van der Waals surface area (Å²) in [7, 11) is -4.92. The van der Waals surface area contributed by atoms with Gasteiger partial charge in [-0.3, -0.25) is 4.79 Å². The average Bonchev–Trinajstić information content (AvgIpc) is 2.80. The summed E-state index contributed by atoms with van der Waals surface area (Å²) in [6.45, 7) is -0.500. The number of carboxylic acid groups (broad SMARTS) is 2. The summed E-state index contributed by atoms with van der Waals surface area (Å²) in [5.41, 5.74) is -0.864. The van der Waals surface area contributed by atoms with Crippen LogP contribution in [0.3, 0.4) is 0 Å². The third-order valence-electron chi connectivity index (χ3n) is 3.21. The maximum Gasteiger partial charge on any atom is 0.335 e. The van der Waals surface area contributed by atoms with Gasteiger partial charge in [0, 0.05) is 18.7 Å². The maximum absolute atomic E-state index is 13.0. The topological polar surface area (TPSA) is 129 Å². The molecule has 0 radical (unpaired) electrons. The number of carbonyl (C=O) groups is 3. The van der Waals surface area contributed by atoms with Crippen molar-refractivity contribution in [3.8, 4) is 0 Å². The molecule has 1 fully saturated rings. The Kier molecular flexibility index (Phi) is 3.88. The highest BCUT2D eigenvalue weighted by Gasteiger charge is 2.39. The molecule has 22 heavy (non-hydrogen) atoms. The second-order valence-electron chi connectivity index (χ2n) is 4.68. The lowest BCUT2D eigenvalue weighted by molar-refractivity contribution is -0.117. The summed E-state index contributed by atoms with van der Waals surface area (Å²) in [5.74, 6) is -3.55. The highest BCUT2D eigenvalue weighted by Crippen LogP contribution is 2.27. The molecule has 0 aromatic heterocycles. The van der Waals surface area contributed by atoms with Crippen LogP contribution in [-0.4, -0.2) is 48.3 Å². The zero-order chi connectivity index (χ0) is 16.7. The van der Waals surface area contributed by atoms with Gasteiger partial charge in [-0.25, -0.2) is 9.59 Å². The normalized spacial score (nSPS) is 18.5. The summed E-state index contributed by atoms with van der Waals surface area (Å²) >= 11 is 0. The fourth-order valence-corrected chi connectivity index (χ4v) is 2.80. The van der Waals surface area contributed by atoms with Crippen LogP contribution in [0.1, 0.15) is 27.1 Å². The van der Waals surface area contributed by atoms with E-state index >= 15 is 0 Å². The van der Waals surface area contributed by atoms with Crippen molar-refractivity contribution < 1.29 is 36.9 Å². The van der Waals surface area contributed by atoms with Gasteiger partial charge in [0.2, 0.25) is 5.91 Å². The first kappa shape index (κ1) is 15.9. The summed E-state index contributed by atoms with van der Waals surface area (Å²) in [5, 5.41) is 16.4. The van der Waals surface area contributed by atoms with Gasteiger partial charge in [-0.05, 0) is 18.2 Å². The van der Waals surface area contributed by atoms with E-state index in [0.29, 0.717) is 0 Å². The molecule has 0 aliphatic carbocycles.